The fourth-order valence-electron chi connectivity index (χ4n) is 1.36. The molecule has 0 aromatic heterocycles. The maximum absolute atomic E-state index is 10.6. The van der Waals surface area contributed by atoms with Crippen molar-refractivity contribution in [1.29, 1.82) is 0 Å². The van der Waals surface area contributed by atoms with E-state index < -0.39 is 23.8 Å². The molecule has 2 atom stereocenters. The summed E-state index contributed by atoms with van der Waals surface area (Å²) in [6.07, 6.45) is 4.09. The second-order valence-corrected chi connectivity index (χ2v) is 2.83. The van der Waals surface area contributed by atoms with Gasteiger partial charge in [0.05, 0.1) is 11.8 Å². The van der Waals surface area contributed by atoms with Crippen molar-refractivity contribution in [1.82, 2.24) is 0 Å². The first-order chi connectivity index (χ1) is 5.63. The van der Waals surface area contributed by atoms with Crippen LogP contribution in [0.5, 0.6) is 0 Å². The highest BCUT2D eigenvalue weighted by Gasteiger charge is 2.33. The van der Waals surface area contributed by atoms with E-state index >= 15 is 0 Å². The van der Waals surface area contributed by atoms with E-state index in [4.69, 9.17) is 10.2 Å². The van der Waals surface area contributed by atoms with Gasteiger partial charge in [0, 0.05) is 0 Å². The molecule has 4 nitrogen and oxygen atoms in total. The first-order valence-corrected chi connectivity index (χ1v) is 3.73. The molecular weight excluding hydrogens is 160 g/mol. The third kappa shape index (κ3) is 1.64. The number of carboxylic acid groups (broad SMARTS) is 2. The Balaban J connectivity index is 2.76. The lowest BCUT2D eigenvalue weighted by atomic mass is 9.83. The quantitative estimate of drug-likeness (QED) is 0.599. The van der Waals surface area contributed by atoms with Gasteiger partial charge in [-0.25, -0.2) is 0 Å². The average molecular weight is 170 g/mol. The Bertz CT molecular complexity index is 207. The summed E-state index contributed by atoms with van der Waals surface area (Å²) in [5.41, 5.74) is 0. The first kappa shape index (κ1) is 8.77. The minimum Gasteiger partial charge on any atom is -0.481 e. The molecule has 1 rings (SSSR count). The summed E-state index contributed by atoms with van der Waals surface area (Å²) >= 11 is 0. The van der Waals surface area contributed by atoms with Crippen LogP contribution >= 0.6 is 0 Å². The average Bonchev–Trinajstić information content (AvgIpc) is 2.04. The second-order valence-electron chi connectivity index (χ2n) is 2.83. The Morgan fingerprint density at radius 3 is 1.58 bits per heavy atom. The molecule has 0 aromatic carbocycles. The highest BCUT2D eigenvalue weighted by Crippen LogP contribution is 2.25. The van der Waals surface area contributed by atoms with Gasteiger partial charge in [0.2, 0.25) is 0 Å². The van der Waals surface area contributed by atoms with E-state index in [0.717, 1.165) is 0 Å². The summed E-state index contributed by atoms with van der Waals surface area (Å²) in [5, 5.41) is 17.3. The third-order valence-corrected chi connectivity index (χ3v) is 2.07. The first-order valence-electron chi connectivity index (χ1n) is 3.73. The van der Waals surface area contributed by atoms with Crippen molar-refractivity contribution in [2.24, 2.45) is 11.8 Å². The molecule has 0 saturated heterocycles. The molecule has 2 N–H and O–H groups in total. The molecule has 0 saturated carbocycles. The molecule has 0 heterocycles. The lowest BCUT2D eigenvalue weighted by Crippen LogP contribution is -2.30. The van der Waals surface area contributed by atoms with Gasteiger partial charge in [-0.15, -0.1) is 0 Å². The van der Waals surface area contributed by atoms with Gasteiger partial charge < -0.3 is 10.2 Å². The summed E-state index contributed by atoms with van der Waals surface area (Å²) in [6.45, 7) is 0. The van der Waals surface area contributed by atoms with Crippen molar-refractivity contribution in [3.8, 4) is 0 Å². The van der Waals surface area contributed by atoms with Crippen LogP contribution in [0.15, 0.2) is 12.2 Å². The molecule has 4 heteroatoms. The lowest BCUT2D eigenvalue weighted by Gasteiger charge is -2.20. The van der Waals surface area contributed by atoms with Crippen molar-refractivity contribution in [3.63, 3.8) is 0 Å². The van der Waals surface area contributed by atoms with Crippen LogP contribution in [0.1, 0.15) is 12.8 Å². The highest BCUT2D eigenvalue weighted by atomic mass is 16.4. The molecular formula is C8H10O4. The summed E-state index contributed by atoms with van der Waals surface area (Å²) in [5.74, 6) is -3.56. The number of rotatable bonds is 2. The van der Waals surface area contributed by atoms with Gasteiger partial charge >= 0.3 is 11.9 Å². The molecule has 12 heavy (non-hydrogen) atoms. The standard InChI is InChI=1S/C8H10O4/c9-7(10)5-3-1-2-4-6(5)8(11)12/h1-2,5-6H,3-4H2,(H,9,10)(H,11,12). The maximum Gasteiger partial charge on any atom is 0.307 e. The van der Waals surface area contributed by atoms with Gasteiger partial charge in [-0.3, -0.25) is 9.59 Å². The van der Waals surface area contributed by atoms with E-state index in [2.05, 4.69) is 0 Å². The van der Waals surface area contributed by atoms with Crippen LogP contribution in [0.25, 0.3) is 0 Å². The molecule has 0 amide bonds. The third-order valence-electron chi connectivity index (χ3n) is 2.07. The number of allylic oxidation sites excluding steroid dienone is 2. The Morgan fingerprint density at radius 1 is 1.00 bits per heavy atom. The molecule has 66 valence electrons. The fraction of sp³-hybridized carbons (Fsp3) is 0.500. The van der Waals surface area contributed by atoms with E-state index in [1.165, 1.54) is 0 Å². The Hall–Kier alpha value is -1.32. The van der Waals surface area contributed by atoms with Gasteiger partial charge in [-0.05, 0) is 12.8 Å². The molecule has 0 aromatic rings. The predicted molar refractivity (Wildman–Crippen MR) is 40.6 cm³/mol. The van der Waals surface area contributed by atoms with Crippen LogP contribution in [0.2, 0.25) is 0 Å². The van der Waals surface area contributed by atoms with Gasteiger partial charge in [-0.1, -0.05) is 12.2 Å². The van der Waals surface area contributed by atoms with Crippen LogP contribution in [0.3, 0.4) is 0 Å². The zero-order valence-corrected chi connectivity index (χ0v) is 6.43. The molecule has 1 aliphatic rings. The molecule has 0 spiro atoms. The maximum atomic E-state index is 10.6. The van der Waals surface area contributed by atoms with Crippen LogP contribution in [-0.2, 0) is 9.59 Å². The van der Waals surface area contributed by atoms with Crippen molar-refractivity contribution in [3.05, 3.63) is 12.2 Å². The summed E-state index contributed by atoms with van der Waals surface area (Å²) in [4.78, 5) is 21.1. The van der Waals surface area contributed by atoms with E-state index in [0.29, 0.717) is 12.8 Å². The number of hydrogen-bond donors (Lipinski definition) is 2. The van der Waals surface area contributed by atoms with Crippen molar-refractivity contribution >= 4 is 11.9 Å². The van der Waals surface area contributed by atoms with Crippen LogP contribution in [-0.4, -0.2) is 22.2 Å². The topological polar surface area (TPSA) is 74.6 Å². The van der Waals surface area contributed by atoms with Crippen LogP contribution in [0, 0.1) is 11.8 Å². The van der Waals surface area contributed by atoms with E-state index in [-0.39, 0.29) is 0 Å². The monoisotopic (exact) mass is 170 g/mol. The van der Waals surface area contributed by atoms with Crippen LogP contribution < -0.4 is 0 Å². The van der Waals surface area contributed by atoms with Gasteiger partial charge in [-0.2, -0.15) is 0 Å². The molecule has 0 radical (unpaired) electrons. The molecule has 0 aliphatic heterocycles. The summed E-state index contributed by atoms with van der Waals surface area (Å²) < 4.78 is 0. The summed E-state index contributed by atoms with van der Waals surface area (Å²) in [7, 11) is 0. The van der Waals surface area contributed by atoms with Crippen molar-refractivity contribution in [2.45, 2.75) is 12.8 Å². The Labute approximate surface area is 69.5 Å². The summed E-state index contributed by atoms with van der Waals surface area (Å²) in [6, 6.07) is 0. The largest absolute Gasteiger partial charge is 0.481 e. The minimum atomic E-state index is -1.02. The van der Waals surface area contributed by atoms with Gasteiger partial charge in [0.15, 0.2) is 0 Å². The van der Waals surface area contributed by atoms with Crippen LogP contribution in [0.4, 0.5) is 0 Å². The zero-order chi connectivity index (χ0) is 9.14. The Kier molecular flexibility index (Phi) is 2.47. The zero-order valence-electron chi connectivity index (χ0n) is 6.43. The second kappa shape index (κ2) is 3.38. The minimum absolute atomic E-state index is 0.326. The normalized spacial score (nSPS) is 28.3. The predicted octanol–water partition coefficient (Wildman–Crippen LogP) is 0.738. The van der Waals surface area contributed by atoms with E-state index in [1.54, 1.807) is 12.2 Å². The number of aliphatic carboxylic acids is 2. The van der Waals surface area contributed by atoms with E-state index in [9.17, 15) is 9.59 Å². The smallest absolute Gasteiger partial charge is 0.307 e. The van der Waals surface area contributed by atoms with Gasteiger partial charge in [0.1, 0.15) is 0 Å². The van der Waals surface area contributed by atoms with Crippen molar-refractivity contribution in [2.75, 3.05) is 0 Å². The molecule has 0 fully saturated rings. The molecule has 2 unspecified atom stereocenters. The number of carbonyl (C=O) groups is 2. The lowest BCUT2D eigenvalue weighted by molar-refractivity contribution is -0.153. The SMILES string of the molecule is O=C(O)C1CC=CCC1C(=O)O. The van der Waals surface area contributed by atoms with E-state index in [1.807, 2.05) is 0 Å². The number of carboxylic acids is 2. The Morgan fingerprint density at radius 2 is 1.33 bits per heavy atom. The fourth-order valence-corrected chi connectivity index (χ4v) is 1.36. The molecule has 0 bridgehead atoms. The highest BCUT2D eigenvalue weighted by molar-refractivity contribution is 5.80. The number of hydrogen-bond acceptors (Lipinski definition) is 2. The molecule has 1 aliphatic carbocycles. The van der Waals surface area contributed by atoms with Gasteiger partial charge in [0.25, 0.3) is 0 Å². The van der Waals surface area contributed by atoms with Crippen molar-refractivity contribution < 1.29 is 19.8 Å².